The molecular formula is C13H27NO4S. The summed E-state index contributed by atoms with van der Waals surface area (Å²) in [5, 5.41) is 2.65. The third-order valence-corrected chi connectivity index (χ3v) is 3.71. The zero-order chi connectivity index (χ0) is 14.6. The number of rotatable bonds is 12. The van der Waals surface area contributed by atoms with Crippen LogP contribution in [-0.2, 0) is 14.9 Å². The predicted molar refractivity (Wildman–Crippen MR) is 76.7 cm³/mol. The minimum absolute atomic E-state index is 0.0381. The Balaban J connectivity index is 3.31. The third kappa shape index (κ3) is 15.3. The molecule has 1 amide bonds. The lowest BCUT2D eigenvalue weighted by Crippen LogP contribution is -2.25. The van der Waals surface area contributed by atoms with Crippen LogP contribution in [0.5, 0.6) is 0 Å². The lowest BCUT2D eigenvalue weighted by atomic mass is 10.1. The van der Waals surface area contributed by atoms with Gasteiger partial charge in [-0.3, -0.25) is 9.35 Å². The number of carbonyl (C=O) groups is 1. The van der Waals surface area contributed by atoms with Crippen LogP contribution in [-0.4, -0.2) is 31.2 Å². The lowest BCUT2D eigenvalue weighted by Gasteiger charge is -2.04. The molecule has 0 saturated carbocycles. The van der Waals surface area contributed by atoms with Crippen LogP contribution in [0.4, 0.5) is 0 Å². The van der Waals surface area contributed by atoms with Gasteiger partial charge in [0.1, 0.15) is 0 Å². The van der Waals surface area contributed by atoms with E-state index in [0.29, 0.717) is 13.0 Å². The Morgan fingerprint density at radius 2 is 1.58 bits per heavy atom. The largest absolute Gasteiger partial charge is 0.356 e. The van der Waals surface area contributed by atoms with E-state index in [1.807, 2.05) is 0 Å². The van der Waals surface area contributed by atoms with Crippen molar-refractivity contribution in [2.45, 2.75) is 64.7 Å². The zero-order valence-electron chi connectivity index (χ0n) is 11.9. The van der Waals surface area contributed by atoms with Gasteiger partial charge >= 0.3 is 0 Å². The van der Waals surface area contributed by atoms with Gasteiger partial charge in [0.25, 0.3) is 10.1 Å². The first kappa shape index (κ1) is 18.4. The Bertz CT molecular complexity index is 328. The van der Waals surface area contributed by atoms with Crippen LogP contribution in [0.3, 0.4) is 0 Å². The highest BCUT2D eigenvalue weighted by atomic mass is 32.2. The van der Waals surface area contributed by atoms with Gasteiger partial charge in [-0.2, -0.15) is 8.42 Å². The maximum Gasteiger partial charge on any atom is 0.264 e. The number of nitrogens with one attached hydrogen (secondary N) is 1. The van der Waals surface area contributed by atoms with Crippen molar-refractivity contribution in [3.8, 4) is 0 Å². The minimum Gasteiger partial charge on any atom is -0.356 e. The summed E-state index contributed by atoms with van der Waals surface area (Å²) in [4.78, 5) is 11.4. The van der Waals surface area contributed by atoms with E-state index in [1.165, 1.54) is 32.1 Å². The SMILES string of the molecule is CCCCCCCCCC(=O)NCCCS(=O)(=O)O. The van der Waals surface area contributed by atoms with Gasteiger partial charge in [-0.25, -0.2) is 0 Å². The van der Waals surface area contributed by atoms with E-state index in [0.717, 1.165) is 12.8 Å². The second-order valence-corrected chi connectivity index (χ2v) is 6.43. The van der Waals surface area contributed by atoms with Crippen LogP contribution < -0.4 is 5.32 Å². The average Bonchev–Trinajstić information content (AvgIpc) is 2.32. The molecule has 0 aromatic carbocycles. The molecule has 2 N–H and O–H groups in total. The molecule has 0 aliphatic heterocycles. The van der Waals surface area contributed by atoms with Crippen molar-refractivity contribution in [3.63, 3.8) is 0 Å². The average molecular weight is 293 g/mol. The van der Waals surface area contributed by atoms with Crippen LogP contribution in [0.1, 0.15) is 64.7 Å². The molecule has 0 saturated heterocycles. The highest BCUT2D eigenvalue weighted by Gasteiger charge is 2.05. The van der Waals surface area contributed by atoms with E-state index in [1.54, 1.807) is 0 Å². The Kier molecular flexibility index (Phi) is 10.9. The molecule has 0 aromatic heterocycles. The highest BCUT2D eigenvalue weighted by molar-refractivity contribution is 7.85. The fourth-order valence-corrected chi connectivity index (χ4v) is 2.32. The molecule has 0 aliphatic rings. The highest BCUT2D eigenvalue weighted by Crippen LogP contribution is 2.08. The summed E-state index contributed by atoms with van der Waals surface area (Å²) in [5.74, 6) is -0.339. The van der Waals surface area contributed by atoms with Gasteiger partial charge in [-0.1, -0.05) is 45.4 Å². The normalized spacial score (nSPS) is 11.5. The molecule has 0 heterocycles. The fourth-order valence-electron chi connectivity index (χ4n) is 1.81. The molecule has 5 nitrogen and oxygen atoms in total. The number of carbonyl (C=O) groups excluding carboxylic acids is 1. The van der Waals surface area contributed by atoms with Crippen LogP contribution >= 0.6 is 0 Å². The minimum atomic E-state index is -3.91. The second-order valence-electron chi connectivity index (χ2n) is 4.86. The molecule has 0 spiro atoms. The number of unbranched alkanes of at least 4 members (excludes halogenated alkanes) is 6. The van der Waals surface area contributed by atoms with Crippen LogP contribution in [0.2, 0.25) is 0 Å². The van der Waals surface area contributed by atoms with E-state index in [9.17, 15) is 13.2 Å². The molecule has 0 bridgehead atoms. The topological polar surface area (TPSA) is 83.5 Å². The third-order valence-electron chi connectivity index (χ3n) is 2.91. The van der Waals surface area contributed by atoms with Gasteiger partial charge in [-0.15, -0.1) is 0 Å². The first-order chi connectivity index (χ1) is 8.95. The fraction of sp³-hybridized carbons (Fsp3) is 0.923. The molecular weight excluding hydrogens is 266 g/mol. The van der Waals surface area contributed by atoms with Crippen molar-refractivity contribution < 1.29 is 17.8 Å². The number of hydrogen-bond acceptors (Lipinski definition) is 3. The van der Waals surface area contributed by atoms with Crippen LogP contribution in [0.25, 0.3) is 0 Å². The maximum atomic E-state index is 11.4. The summed E-state index contributed by atoms with van der Waals surface area (Å²) in [6.07, 6.45) is 8.93. The summed E-state index contributed by atoms with van der Waals surface area (Å²) in [7, 11) is -3.91. The molecule has 0 aromatic rings. The summed E-state index contributed by atoms with van der Waals surface area (Å²) in [6.45, 7) is 2.49. The summed E-state index contributed by atoms with van der Waals surface area (Å²) in [5.41, 5.74) is 0. The first-order valence-corrected chi connectivity index (χ1v) is 8.78. The van der Waals surface area contributed by atoms with Gasteiger partial charge < -0.3 is 5.32 Å². The van der Waals surface area contributed by atoms with Gasteiger partial charge in [0.15, 0.2) is 0 Å². The van der Waals surface area contributed by atoms with E-state index in [2.05, 4.69) is 12.2 Å². The van der Waals surface area contributed by atoms with Crippen molar-refractivity contribution >= 4 is 16.0 Å². The van der Waals surface area contributed by atoms with Gasteiger partial charge in [-0.05, 0) is 12.8 Å². The second kappa shape index (κ2) is 11.2. The van der Waals surface area contributed by atoms with Gasteiger partial charge in [0, 0.05) is 13.0 Å². The van der Waals surface area contributed by atoms with Gasteiger partial charge in [0.05, 0.1) is 5.75 Å². The molecule has 0 unspecified atom stereocenters. The van der Waals surface area contributed by atoms with E-state index in [-0.39, 0.29) is 18.1 Å². The molecule has 0 fully saturated rings. The summed E-state index contributed by atoms with van der Waals surface area (Å²) >= 11 is 0. The Hall–Kier alpha value is -0.620. The molecule has 114 valence electrons. The smallest absolute Gasteiger partial charge is 0.264 e. The Labute approximate surface area is 116 Å². The molecule has 6 heteroatoms. The molecule has 0 aliphatic carbocycles. The maximum absolute atomic E-state index is 11.4. The molecule has 19 heavy (non-hydrogen) atoms. The standard InChI is InChI=1S/C13H27NO4S/c1-2-3-4-5-6-7-8-10-13(15)14-11-9-12-19(16,17)18/h2-12H2,1H3,(H,14,15)(H,16,17,18). The Morgan fingerprint density at radius 1 is 1.00 bits per heavy atom. The van der Waals surface area contributed by atoms with Crippen molar-refractivity contribution in [1.29, 1.82) is 0 Å². The Morgan fingerprint density at radius 3 is 2.16 bits per heavy atom. The zero-order valence-corrected chi connectivity index (χ0v) is 12.7. The van der Waals surface area contributed by atoms with Crippen LogP contribution in [0.15, 0.2) is 0 Å². The van der Waals surface area contributed by atoms with Crippen molar-refractivity contribution in [2.24, 2.45) is 0 Å². The molecule has 0 rings (SSSR count). The monoisotopic (exact) mass is 293 g/mol. The van der Waals surface area contributed by atoms with Crippen molar-refractivity contribution in [1.82, 2.24) is 5.32 Å². The lowest BCUT2D eigenvalue weighted by molar-refractivity contribution is -0.121. The summed E-state index contributed by atoms with van der Waals surface area (Å²) < 4.78 is 29.4. The quantitative estimate of drug-likeness (QED) is 0.428. The summed E-state index contributed by atoms with van der Waals surface area (Å²) in [6, 6.07) is 0. The van der Waals surface area contributed by atoms with Crippen molar-refractivity contribution in [2.75, 3.05) is 12.3 Å². The number of amides is 1. The predicted octanol–water partition coefficient (Wildman–Crippen LogP) is 2.52. The number of hydrogen-bond donors (Lipinski definition) is 2. The van der Waals surface area contributed by atoms with E-state index >= 15 is 0 Å². The van der Waals surface area contributed by atoms with Crippen LogP contribution in [0, 0.1) is 0 Å². The van der Waals surface area contributed by atoms with E-state index < -0.39 is 10.1 Å². The van der Waals surface area contributed by atoms with E-state index in [4.69, 9.17) is 4.55 Å². The molecule has 0 radical (unpaired) electrons. The first-order valence-electron chi connectivity index (χ1n) is 7.17. The van der Waals surface area contributed by atoms with Gasteiger partial charge in [0.2, 0.25) is 5.91 Å². The molecule has 0 atom stereocenters. The van der Waals surface area contributed by atoms with Crippen molar-refractivity contribution in [3.05, 3.63) is 0 Å².